The zero-order valence-corrected chi connectivity index (χ0v) is 15.9. The molecule has 2 heterocycles. The van der Waals surface area contributed by atoms with E-state index in [9.17, 15) is 13.5 Å². The van der Waals surface area contributed by atoms with E-state index in [2.05, 4.69) is 4.90 Å². The molecule has 0 amide bonds. The van der Waals surface area contributed by atoms with Gasteiger partial charge in [0.25, 0.3) is 0 Å². The molecule has 1 aromatic carbocycles. The molecule has 2 fully saturated rings. The van der Waals surface area contributed by atoms with Crippen molar-refractivity contribution in [1.82, 2.24) is 9.21 Å². The van der Waals surface area contributed by atoms with Crippen LogP contribution in [0.4, 0.5) is 0 Å². The quantitative estimate of drug-likeness (QED) is 0.754. The maximum atomic E-state index is 12.6. The van der Waals surface area contributed by atoms with E-state index in [1.54, 1.807) is 24.3 Å². The summed E-state index contributed by atoms with van der Waals surface area (Å²) in [6.45, 7) is 4.49. The molecule has 2 aliphatic heterocycles. The number of aliphatic hydroxyl groups is 1. The summed E-state index contributed by atoms with van der Waals surface area (Å²) < 4.78 is 37.4. The van der Waals surface area contributed by atoms with Gasteiger partial charge < -0.3 is 19.5 Å². The summed E-state index contributed by atoms with van der Waals surface area (Å²) in [7, 11) is -3.49. The van der Waals surface area contributed by atoms with E-state index in [1.807, 2.05) is 0 Å². The maximum absolute atomic E-state index is 12.6. The van der Waals surface area contributed by atoms with Gasteiger partial charge in [0.1, 0.15) is 18.5 Å². The topological polar surface area (TPSA) is 79.3 Å². The summed E-state index contributed by atoms with van der Waals surface area (Å²) in [6, 6.07) is 6.39. The Balaban J connectivity index is 1.50. The Hall–Kier alpha value is -1.19. The summed E-state index contributed by atoms with van der Waals surface area (Å²) in [6.07, 6.45) is 3.09. The van der Waals surface area contributed by atoms with Crippen LogP contribution in [0.2, 0.25) is 0 Å². The van der Waals surface area contributed by atoms with Crippen LogP contribution in [0.25, 0.3) is 0 Å². The largest absolute Gasteiger partial charge is 0.491 e. The first-order valence-electron chi connectivity index (χ1n) is 9.27. The van der Waals surface area contributed by atoms with Crippen LogP contribution in [0.3, 0.4) is 0 Å². The second-order valence-corrected chi connectivity index (χ2v) is 8.75. The van der Waals surface area contributed by atoms with E-state index in [-0.39, 0.29) is 11.5 Å². The minimum Gasteiger partial charge on any atom is -0.491 e. The fraction of sp³-hybridized carbons (Fsp3) is 0.667. The number of rotatable bonds is 7. The molecular formula is C18H28N2O5S. The molecule has 3 rings (SSSR count). The lowest BCUT2D eigenvalue weighted by Gasteiger charge is -2.28. The van der Waals surface area contributed by atoms with Crippen molar-refractivity contribution in [3.63, 3.8) is 0 Å². The van der Waals surface area contributed by atoms with E-state index >= 15 is 0 Å². The normalized spacial score (nSPS) is 21.4. The molecule has 1 aromatic rings. The average Bonchev–Trinajstić information content (AvgIpc) is 2.68. The van der Waals surface area contributed by atoms with Gasteiger partial charge in [0.15, 0.2) is 0 Å². The third-order valence-electron chi connectivity index (χ3n) is 4.79. The minimum absolute atomic E-state index is 0.200. The van der Waals surface area contributed by atoms with Crippen molar-refractivity contribution in [3.8, 4) is 5.75 Å². The Morgan fingerprint density at radius 2 is 1.69 bits per heavy atom. The predicted molar refractivity (Wildman–Crippen MR) is 97.8 cm³/mol. The number of hydrogen-bond acceptors (Lipinski definition) is 6. The lowest BCUT2D eigenvalue weighted by atomic mass is 10.1. The number of likely N-dealkylation sites (tertiary alicyclic amines) is 1. The zero-order valence-electron chi connectivity index (χ0n) is 15.0. The van der Waals surface area contributed by atoms with Crippen LogP contribution in [0.1, 0.15) is 19.3 Å². The van der Waals surface area contributed by atoms with Crippen molar-refractivity contribution in [2.45, 2.75) is 30.3 Å². The molecule has 1 N–H and O–H groups in total. The van der Waals surface area contributed by atoms with Gasteiger partial charge in [-0.25, -0.2) is 8.42 Å². The molecule has 1 atom stereocenters. The molecular weight excluding hydrogens is 356 g/mol. The third kappa shape index (κ3) is 5.17. The van der Waals surface area contributed by atoms with Crippen molar-refractivity contribution in [1.29, 1.82) is 0 Å². The van der Waals surface area contributed by atoms with Gasteiger partial charge in [-0.15, -0.1) is 0 Å². The minimum atomic E-state index is -3.49. The van der Waals surface area contributed by atoms with Crippen molar-refractivity contribution in [2.75, 3.05) is 52.5 Å². The van der Waals surface area contributed by atoms with E-state index in [4.69, 9.17) is 9.47 Å². The Morgan fingerprint density at radius 1 is 1.04 bits per heavy atom. The Labute approximate surface area is 155 Å². The third-order valence-corrected chi connectivity index (χ3v) is 6.70. The number of sulfonamides is 1. The first-order valence-corrected chi connectivity index (χ1v) is 10.7. The summed E-state index contributed by atoms with van der Waals surface area (Å²) >= 11 is 0. The van der Waals surface area contributed by atoms with Crippen LogP contribution < -0.4 is 4.74 Å². The fourth-order valence-electron chi connectivity index (χ4n) is 3.33. The van der Waals surface area contributed by atoms with Gasteiger partial charge in [-0.2, -0.15) is 4.31 Å². The smallest absolute Gasteiger partial charge is 0.243 e. The Morgan fingerprint density at radius 3 is 2.35 bits per heavy atom. The number of ether oxygens (including phenoxy) is 2. The van der Waals surface area contributed by atoms with Crippen molar-refractivity contribution < 1.29 is 23.0 Å². The highest BCUT2D eigenvalue weighted by atomic mass is 32.2. The van der Waals surface area contributed by atoms with Gasteiger partial charge in [-0.1, -0.05) is 6.42 Å². The molecule has 0 saturated carbocycles. The molecule has 0 radical (unpaired) electrons. The standard InChI is InChI=1S/C18H28N2O5S/c21-16(14-19-8-2-1-3-9-19)15-25-17-4-6-18(7-5-17)26(22,23)20-10-12-24-13-11-20/h4-7,16,21H,1-3,8-15H2/t16-/m1/s1. The van der Waals surface area contributed by atoms with Gasteiger partial charge in [0.2, 0.25) is 10.0 Å². The van der Waals surface area contributed by atoms with Crippen molar-refractivity contribution in [2.24, 2.45) is 0 Å². The molecule has 146 valence electrons. The van der Waals surface area contributed by atoms with Crippen LogP contribution >= 0.6 is 0 Å². The molecule has 0 unspecified atom stereocenters. The molecule has 0 bridgehead atoms. The highest BCUT2D eigenvalue weighted by molar-refractivity contribution is 7.89. The van der Waals surface area contributed by atoms with Crippen LogP contribution in [0.15, 0.2) is 29.2 Å². The van der Waals surface area contributed by atoms with Crippen LogP contribution in [-0.4, -0.2) is 81.4 Å². The van der Waals surface area contributed by atoms with E-state index in [0.717, 1.165) is 13.1 Å². The molecule has 0 aliphatic carbocycles. The first-order chi connectivity index (χ1) is 12.6. The summed E-state index contributed by atoms with van der Waals surface area (Å²) in [5, 5.41) is 10.1. The van der Waals surface area contributed by atoms with Crippen LogP contribution in [0.5, 0.6) is 5.75 Å². The molecule has 8 heteroatoms. The van der Waals surface area contributed by atoms with Gasteiger partial charge in [0.05, 0.1) is 18.1 Å². The molecule has 0 spiro atoms. The van der Waals surface area contributed by atoms with E-state index in [1.165, 1.54) is 23.6 Å². The van der Waals surface area contributed by atoms with E-state index in [0.29, 0.717) is 38.6 Å². The molecule has 26 heavy (non-hydrogen) atoms. The van der Waals surface area contributed by atoms with E-state index < -0.39 is 16.1 Å². The fourth-order valence-corrected chi connectivity index (χ4v) is 4.74. The SMILES string of the molecule is O=S(=O)(c1ccc(OC[C@H](O)CN2CCCCC2)cc1)N1CCOCC1. The lowest BCUT2D eigenvalue weighted by molar-refractivity contribution is 0.0617. The second-order valence-electron chi connectivity index (χ2n) is 6.81. The number of β-amino-alcohol motifs (C(OH)–C–C–N with tert-alkyl or cyclic N) is 1. The van der Waals surface area contributed by atoms with Crippen LogP contribution in [-0.2, 0) is 14.8 Å². The Kier molecular flexibility index (Phi) is 6.88. The number of morpholine rings is 1. The molecule has 2 aliphatic rings. The van der Waals surface area contributed by atoms with Crippen molar-refractivity contribution >= 4 is 10.0 Å². The summed E-state index contributed by atoms with van der Waals surface area (Å²) in [5.41, 5.74) is 0. The number of nitrogens with zero attached hydrogens (tertiary/aromatic N) is 2. The second kappa shape index (κ2) is 9.14. The number of benzene rings is 1. The van der Waals surface area contributed by atoms with Gasteiger partial charge in [-0.3, -0.25) is 0 Å². The highest BCUT2D eigenvalue weighted by Gasteiger charge is 2.26. The van der Waals surface area contributed by atoms with Gasteiger partial charge >= 0.3 is 0 Å². The lowest BCUT2D eigenvalue weighted by Crippen LogP contribution is -2.40. The van der Waals surface area contributed by atoms with Crippen molar-refractivity contribution in [3.05, 3.63) is 24.3 Å². The van der Waals surface area contributed by atoms with Crippen LogP contribution in [0, 0.1) is 0 Å². The number of hydrogen-bond donors (Lipinski definition) is 1. The molecule has 0 aromatic heterocycles. The predicted octanol–water partition coefficient (Wildman–Crippen LogP) is 0.933. The summed E-state index contributed by atoms with van der Waals surface area (Å²) in [4.78, 5) is 2.51. The molecule has 2 saturated heterocycles. The average molecular weight is 384 g/mol. The summed E-state index contributed by atoms with van der Waals surface area (Å²) in [5.74, 6) is 0.559. The number of aliphatic hydroxyl groups excluding tert-OH is 1. The maximum Gasteiger partial charge on any atom is 0.243 e. The Bertz CT molecular complexity index is 653. The van der Waals surface area contributed by atoms with Gasteiger partial charge in [-0.05, 0) is 50.2 Å². The molecule has 7 nitrogen and oxygen atoms in total. The monoisotopic (exact) mass is 384 g/mol. The zero-order chi connectivity index (χ0) is 18.4. The first kappa shape index (κ1) is 19.6. The highest BCUT2D eigenvalue weighted by Crippen LogP contribution is 2.20. The van der Waals surface area contributed by atoms with Gasteiger partial charge in [0, 0.05) is 19.6 Å². The number of piperidine rings is 1.